The Morgan fingerprint density at radius 3 is 2.93 bits per heavy atom. The number of carboxylic acid groups (broad SMARTS) is 1. The summed E-state index contributed by atoms with van der Waals surface area (Å²) in [6.45, 7) is 4.01. The van der Waals surface area contributed by atoms with Gasteiger partial charge in [0.2, 0.25) is 0 Å². The molecule has 1 aromatic rings. The quantitative estimate of drug-likeness (QED) is 0.745. The monoisotopic (exact) mass is 212 g/mol. The first-order valence-electron chi connectivity index (χ1n) is 4.96. The van der Waals surface area contributed by atoms with Crippen LogP contribution in [0.15, 0.2) is 16.8 Å². The minimum atomic E-state index is -0.901. The molecule has 0 aliphatic rings. The molecular weight excluding hydrogens is 196 g/mol. The van der Waals surface area contributed by atoms with Crippen molar-refractivity contribution in [1.82, 2.24) is 10.5 Å². The number of nitrogens with one attached hydrogen (secondary N) is 1. The van der Waals surface area contributed by atoms with E-state index in [1.54, 1.807) is 13.0 Å². The molecule has 0 amide bonds. The lowest BCUT2D eigenvalue weighted by atomic mass is 9.96. The number of carbonyl (C=O) groups is 1. The first-order valence-corrected chi connectivity index (χ1v) is 4.96. The minimum Gasteiger partial charge on any atom is -0.480 e. The molecule has 0 radical (unpaired) electrons. The summed E-state index contributed by atoms with van der Waals surface area (Å²) in [6, 6.07) is 1.71. The van der Waals surface area contributed by atoms with Crippen LogP contribution in [0.4, 0.5) is 0 Å². The number of aromatic nitrogens is 1. The Morgan fingerprint density at radius 1 is 1.73 bits per heavy atom. The van der Waals surface area contributed by atoms with Crippen molar-refractivity contribution in [1.29, 1.82) is 0 Å². The third-order valence-corrected chi connectivity index (χ3v) is 2.37. The van der Waals surface area contributed by atoms with E-state index in [9.17, 15) is 4.79 Å². The van der Waals surface area contributed by atoms with Crippen molar-refractivity contribution >= 4 is 5.97 Å². The van der Waals surface area contributed by atoms with Crippen molar-refractivity contribution in [3.8, 4) is 0 Å². The van der Waals surface area contributed by atoms with Gasteiger partial charge in [-0.1, -0.05) is 18.5 Å². The molecule has 0 saturated carbocycles. The van der Waals surface area contributed by atoms with E-state index >= 15 is 0 Å². The molecule has 84 valence electrons. The smallest absolute Gasteiger partial charge is 0.323 e. The Morgan fingerprint density at radius 2 is 2.47 bits per heavy atom. The van der Waals surface area contributed by atoms with Crippen LogP contribution in [0, 0.1) is 0 Å². The van der Waals surface area contributed by atoms with Gasteiger partial charge >= 0.3 is 5.97 Å². The molecule has 0 aliphatic carbocycles. The number of hydrogen-bond donors (Lipinski definition) is 2. The Labute approximate surface area is 88.5 Å². The second-order valence-corrected chi connectivity index (χ2v) is 3.72. The molecule has 15 heavy (non-hydrogen) atoms. The van der Waals surface area contributed by atoms with Gasteiger partial charge in [0.15, 0.2) is 0 Å². The topological polar surface area (TPSA) is 75.4 Å². The van der Waals surface area contributed by atoms with Gasteiger partial charge in [0.25, 0.3) is 0 Å². The van der Waals surface area contributed by atoms with Crippen LogP contribution in [-0.4, -0.2) is 21.8 Å². The summed E-state index contributed by atoms with van der Waals surface area (Å²) >= 11 is 0. The lowest BCUT2D eigenvalue weighted by Gasteiger charge is -2.25. The van der Waals surface area contributed by atoms with Gasteiger partial charge in [-0.2, -0.15) is 0 Å². The fourth-order valence-corrected chi connectivity index (χ4v) is 1.39. The number of hydrogen-bond acceptors (Lipinski definition) is 4. The standard InChI is InChI=1S/C10H16N2O3/c1-3-5-10(2,9(13)14)11-7-8-4-6-12-15-8/h4,6,11H,3,5,7H2,1-2H3,(H,13,14). The second-order valence-electron chi connectivity index (χ2n) is 3.72. The molecule has 0 bridgehead atoms. The Bertz CT molecular complexity index is 310. The van der Waals surface area contributed by atoms with Crippen LogP contribution >= 0.6 is 0 Å². The number of rotatable bonds is 6. The Balaban J connectivity index is 2.56. The van der Waals surface area contributed by atoms with Crippen molar-refractivity contribution in [2.24, 2.45) is 0 Å². The van der Waals surface area contributed by atoms with Gasteiger partial charge in [-0.25, -0.2) is 0 Å². The van der Waals surface area contributed by atoms with Gasteiger partial charge in [0.1, 0.15) is 11.3 Å². The molecule has 1 unspecified atom stereocenters. The average molecular weight is 212 g/mol. The van der Waals surface area contributed by atoms with E-state index in [1.165, 1.54) is 6.20 Å². The molecule has 5 heteroatoms. The van der Waals surface area contributed by atoms with E-state index in [4.69, 9.17) is 9.63 Å². The fourth-order valence-electron chi connectivity index (χ4n) is 1.39. The summed E-state index contributed by atoms with van der Waals surface area (Å²) in [7, 11) is 0. The maximum atomic E-state index is 11.1. The average Bonchev–Trinajstić information content (AvgIpc) is 2.67. The molecule has 0 aromatic carbocycles. The lowest BCUT2D eigenvalue weighted by Crippen LogP contribution is -2.48. The van der Waals surface area contributed by atoms with Crippen molar-refractivity contribution in [3.63, 3.8) is 0 Å². The van der Waals surface area contributed by atoms with Gasteiger partial charge in [0, 0.05) is 6.07 Å². The SMILES string of the molecule is CCCC(C)(NCc1ccno1)C(=O)O. The molecule has 0 saturated heterocycles. The van der Waals surface area contributed by atoms with Gasteiger partial charge < -0.3 is 9.63 Å². The van der Waals surface area contributed by atoms with Gasteiger partial charge in [0.05, 0.1) is 12.7 Å². The number of nitrogens with zero attached hydrogens (tertiary/aromatic N) is 1. The maximum absolute atomic E-state index is 11.1. The molecule has 0 fully saturated rings. The van der Waals surface area contributed by atoms with Crippen molar-refractivity contribution in [2.75, 3.05) is 0 Å². The predicted molar refractivity (Wildman–Crippen MR) is 54.3 cm³/mol. The fraction of sp³-hybridized carbons (Fsp3) is 0.600. The summed E-state index contributed by atoms with van der Waals surface area (Å²) in [6.07, 6.45) is 2.93. The number of aliphatic carboxylic acids is 1. The maximum Gasteiger partial charge on any atom is 0.323 e. The third kappa shape index (κ3) is 3.06. The van der Waals surface area contributed by atoms with Crippen LogP contribution in [0.25, 0.3) is 0 Å². The molecule has 1 atom stereocenters. The van der Waals surface area contributed by atoms with E-state index < -0.39 is 11.5 Å². The lowest BCUT2D eigenvalue weighted by molar-refractivity contribution is -0.144. The highest BCUT2D eigenvalue weighted by atomic mass is 16.5. The largest absolute Gasteiger partial charge is 0.480 e. The normalized spacial score (nSPS) is 14.8. The zero-order valence-electron chi connectivity index (χ0n) is 8.99. The van der Waals surface area contributed by atoms with Crippen molar-refractivity contribution < 1.29 is 14.4 Å². The van der Waals surface area contributed by atoms with Crippen LogP contribution < -0.4 is 5.32 Å². The molecule has 0 aliphatic heterocycles. The summed E-state index contributed by atoms with van der Waals surface area (Å²) in [5.41, 5.74) is -0.901. The van der Waals surface area contributed by atoms with Crippen LogP contribution in [0.5, 0.6) is 0 Å². The van der Waals surface area contributed by atoms with E-state index in [0.717, 1.165) is 6.42 Å². The van der Waals surface area contributed by atoms with Crippen LogP contribution in [0.2, 0.25) is 0 Å². The summed E-state index contributed by atoms with van der Waals surface area (Å²) < 4.78 is 4.88. The first-order chi connectivity index (χ1) is 7.08. The molecule has 0 spiro atoms. The highest BCUT2D eigenvalue weighted by Crippen LogP contribution is 2.13. The van der Waals surface area contributed by atoms with E-state index in [1.807, 2.05) is 6.92 Å². The van der Waals surface area contributed by atoms with E-state index in [0.29, 0.717) is 18.7 Å². The van der Waals surface area contributed by atoms with Gasteiger partial charge in [-0.05, 0) is 13.3 Å². The molecule has 1 rings (SSSR count). The highest BCUT2D eigenvalue weighted by molar-refractivity contribution is 5.78. The highest BCUT2D eigenvalue weighted by Gasteiger charge is 2.31. The number of carboxylic acids is 1. The van der Waals surface area contributed by atoms with Gasteiger partial charge in [-0.3, -0.25) is 10.1 Å². The Kier molecular flexibility index (Phi) is 3.85. The van der Waals surface area contributed by atoms with E-state index in [-0.39, 0.29) is 0 Å². The summed E-state index contributed by atoms with van der Waals surface area (Å²) in [5.74, 6) is -0.206. The summed E-state index contributed by atoms with van der Waals surface area (Å²) in [4.78, 5) is 11.1. The first kappa shape index (κ1) is 11.7. The van der Waals surface area contributed by atoms with E-state index in [2.05, 4.69) is 10.5 Å². The zero-order chi connectivity index (χ0) is 11.3. The molecule has 1 aromatic heterocycles. The third-order valence-electron chi connectivity index (χ3n) is 2.37. The zero-order valence-corrected chi connectivity index (χ0v) is 8.99. The molecule has 2 N–H and O–H groups in total. The Hall–Kier alpha value is -1.36. The summed E-state index contributed by atoms with van der Waals surface area (Å²) in [5, 5.41) is 15.6. The van der Waals surface area contributed by atoms with Crippen molar-refractivity contribution in [2.45, 2.75) is 38.8 Å². The molecule has 5 nitrogen and oxygen atoms in total. The second kappa shape index (κ2) is 4.93. The molecular formula is C10H16N2O3. The van der Waals surface area contributed by atoms with Crippen LogP contribution in [0.3, 0.4) is 0 Å². The van der Waals surface area contributed by atoms with Gasteiger partial charge in [-0.15, -0.1) is 0 Å². The predicted octanol–water partition coefficient (Wildman–Crippen LogP) is 1.41. The molecule has 1 heterocycles. The van der Waals surface area contributed by atoms with Crippen LogP contribution in [0.1, 0.15) is 32.4 Å². The minimum absolute atomic E-state index is 0.378. The van der Waals surface area contributed by atoms with Crippen LogP contribution in [-0.2, 0) is 11.3 Å². The van der Waals surface area contributed by atoms with Crippen molar-refractivity contribution in [3.05, 3.63) is 18.0 Å².